The van der Waals surface area contributed by atoms with E-state index < -0.39 is 0 Å². The van der Waals surface area contributed by atoms with Crippen LogP contribution in [0.15, 0.2) is 12.1 Å². The van der Waals surface area contributed by atoms with E-state index in [1.807, 2.05) is 24.0 Å². The average Bonchev–Trinajstić information content (AvgIpc) is 3.52. The second-order valence-electron chi connectivity index (χ2n) is 10.8. The molecule has 5 atom stereocenters. The van der Waals surface area contributed by atoms with Crippen LogP contribution in [0.2, 0.25) is 5.02 Å². The summed E-state index contributed by atoms with van der Waals surface area (Å²) >= 11 is 6.29. The summed E-state index contributed by atoms with van der Waals surface area (Å²) in [6.45, 7) is 9.09. The van der Waals surface area contributed by atoms with E-state index in [4.69, 9.17) is 16.3 Å². The second-order valence-corrected chi connectivity index (χ2v) is 11.2. The molecule has 8 nitrogen and oxygen atoms in total. The van der Waals surface area contributed by atoms with Crippen LogP contribution in [0.25, 0.3) is 0 Å². The van der Waals surface area contributed by atoms with Gasteiger partial charge in [0.15, 0.2) is 6.61 Å². The smallest absolute Gasteiger partial charge is 0.260 e. The van der Waals surface area contributed by atoms with E-state index in [1.165, 1.54) is 0 Å². The zero-order valence-electron chi connectivity index (χ0n) is 20.3. The molecule has 1 saturated carbocycles. The highest BCUT2D eigenvalue weighted by Crippen LogP contribution is 2.35. The van der Waals surface area contributed by atoms with E-state index in [2.05, 4.69) is 35.1 Å². The number of aryl methyl sites for hydroxylation is 1. The maximum Gasteiger partial charge on any atom is 0.260 e. The van der Waals surface area contributed by atoms with Crippen molar-refractivity contribution in [3.63, 3.8) is 0 Å². The van der Waals surface area contributed by atoms with Gasteiger partial charge in [0.05, 0.1) is 0 Å². The SMILES string of the molecule is Cc1cc(OCC(=O)N2C[C@@H]3CN(C(=O)C4CCC5NNNC5C4)C[C@H]3C2)c(C(C)C)cc1Cl. The molecule has 1 aliphatic carbocycles. The quantitative estimate of drug-likeness (QED) is 0.588. The Morgan fingerprint density at radius 3 is 2.44 bits per heavy atom. The molecule has 3 heterocycles. The second kappa shape index (κ2) is 9.64. The molecular weight excluding hydrogens is 454 g/mol. The van der Waals surface area contributed by atoms with Gasteiger partial charge in [-0.2, -0.15) is 5.53 Å². The topological polar surface area (TPSA) is 85.9 Å². The molecule has 2 amide bonds. The van der Waals surface area contributed by atoms with Crippen molar-refractivity contribution in [3.8, 4) is 5.75 Å². The maximum absolute atomic E-state index is 13.2. The van der Waals surface area contributed by atoms with Gasteiger partial charge in [0.25, 0.3) is 5.91 Å². The van der Waals surface area contributed by atoms with Crippen molar-refractivity contribution < 1.29 is 14.3 Å². The van der Waals surface area contributed by atoms with Crippen LogP contribution in [-0.2, 0) is 9.59 Å². The summed E-state index contributed by atoms with van der Waals surface area (Å²) < 4.78 is 5.97. The van der Waals surface area contributed by atoms with Gasteiger partial charge < -0.3 is 14.5 Å². The normalized spacial score (nSPS) is 30.6. The Bertz CT molecular complexity index is 943. The summed E-state index contributed by atoms with van der Waals surface area (Å²) in [6, 6.07) is 4.60. The predicted molar refractivity (Wildman–Crippen MR) is 130 cm³/mol. The Morgan fingerprint density at radius 1 is 1.06 bits per heavy atom. The van der Waals surface area contributed by atoms with Crippen molar-refractivity contribution in [2.24, 2.45) is 17.8 Å². The molecule has 3 saturated heterocycles. The highest BCUT2D eigenvalue weighted by Gasteiger charge is 2.45. The van der Waals surface area contributed by atoms with Crippen LogP contribution < -0.4 is 21.1 Å². The van der Waals surface area contributed by atoms with Crippen LogP contribution in [0.5, 0.6) is 5.75 Å². The molecule has 4 aliphatic rings. The van der Waals surface area contributed by atoms with Crippen LogP contribution in [0.1, 0.15) is 50.2 Å². The number of hydrogen-bond donors (Lipinski definition) is 3. The van der Waals surface area contributed by atoms with Gasteiger partial charge in [-0.25, -0.2) is 10.9 Å². The number of nitrogens with zero attached hydrogens (tertiary/aromatic N) is 2. The van der Waals surface area contributed by atoms with Crippen molar-refractivity contribution in [1.29, 1.82) is 0 Å². The minimum Gasteiger partial charge on any atom is -0.483 e. The maximum atomic E-state index is 13.2. The van der Waals surface area contributed by atoms with Gasteiger partial charge in [0.2, 0.25) is 5.91 Å². The Balaban J connectivity index is 1.12. The molecule has 34 heavy (non-hydrogen) atoms. The molecule has 3 N–H and O–H groups in total. The number of likely N-dealkylation sites (tertiary alicyclic amines) is 2. The van der Waals surface area contributed by atoms with E-state index >= 15 is 0 Å². The first-order valence-electron chi connectivity index (χ1n) is 12.6. The van der Waals surface area contributed by atoms with Gasteiger partial charge >= 0.3 is 0 Å². The number of carbonyl (C=O) groups is 2. The fraction of sp³-hybridized carbons (Fsp3) is 0.680. The molecule has 4 fully saturated rings. The van der Waals surface area contributed by atoms with Crippen LogP contribution in [0.4, 0.5) is 0 Å². The van der Waals surface area contributed by atoms with Crippen LogP contribution in [-0.4, -0.2) is 66.5 Å². The zero-order valence-corrected chi connectivity index (χ0v) is 21.0. The predicted octanol–water partition coefficient (Wildman–Crippen LogP) is 2.22. The van der Waals surface area contributed by atoms with Gasteiger partial charge in [-0.3, -0.25) is 9.59 Å². The third-order valence-electron chi connectivity index (χ3n) is 8.13. The number of fused-ring (bicyclic) bond motifs is 2. The fourth-order valence-corrected chi connectivity index (χ4v) is 6.24. The number of amides is 2. The van der Waals surface area contributed by atoms with Crippen molar-refractivity contribution in [1.82, 2.24) is 26.2 Å². The average molecular weight is 490 g/mol. The number of hydrazine groups is 2. The van der Waals surface area contributed by atoms with Crippen molar-refractivity contribution in [2.45, 2.75) is 58.0 Å². The summed E-state index contributed by atoms with van der Waals surface area (Å²) in [5, 5.41) is 0.717. The van der Waals surface area contributed by atoms with Gasteiger partial charge in [0, 0.05) is 61.0 Å². The molecule has 0 spiro atoms. The van der Waals surface area contributed by atoms with E-state index in [0.717, 1.165) is 54.3 Å². The van der Waals surface area contributed by atoms with Crippen molar-refractivity contribution >= 4 is 23.4 Å². The first-order chi connectivity index (χ1) is 16.3. The summed E-state index contributed by atoms with van der Waals surface area (Å²) in [6.07, 6.45) is 2.82. The van der Waals surface area contributed by atoms with Gasteiger partial charge in [-0.15, -0.1) is 0 Å². The Hall–Kier alpha value is -1.87. The number of ether oxygens (including phenoxy) is 1. The summed E-state index contributed by atoms with van der Waals surface area (Å²) in [7, 11) is 0. The highest BCUT2D eigenvalue weighted by atomic mass is 35.5. The van der Waals surface area contributed by atoms with Gasteiger partial charge in [0.1, 0.15) is 5.75 Å². The van der Waals surface area contributed by atoms with Gasteiger partial charge in [-0.05, 0) is 55.4 Å². The summed E-state index contributed by atoms with van der Waals surface area (Å²) in [5.41, 5.74) is 11.4. The van der Waals surface area contributed by atoms with Gasteiger partial charge in [-0.1, -0.05) is 25.4 Å². The molecule has 3 aliphatic heterocycles. The molecule has 0 radical (unpaired) electrons. The lowest BCUT2D eigenvalue weighted by Gasteiger charge is -2.32. The minimum atomic E-state index is 0.0141. The Kier molecular flexibility index (Phi) is 6.77. The highest BCUT2D eigenvalue weighted by molar-refractivity contribution is 6.31. The zero-order chi connectivity index (χ0) is 24.0. The molecule has 9 heteroatoms. The summed E-state index contributed by atoms with van der Waals surface area (Å²) in [5.74, 6) is 2.12. The van der Waals surface area contributed by atoms with Crippen LogP contribution >= 0.6 is 11.6 Å². The molecule has 0 aromatic heterocycles. The van der Waals surface area contributed by atoms with Crippen molar-refractivity contribution in [2.75, 3.05) is 32.8 Å². The molecule has 1 aromatic rings. The summed E-state index contributed by atoms with van der Waals surface area (Å²) in [4.78, 5) is 30.1. The van der Waals surface area contributed by atoms with Crippen LogP contribution in [0.3, 0.4) is 0 Å². The minimum absolute atomic E-state index is 0.0141. The largest absolute Gasteiger partial charge is 0.483 e. The monoisotopic (exact) mass is 489 g/mol. The molecule has 1 aromatic carbocycles. The molecule has 0 bridgehead atoms. The fourth-order valence-electron chi connectivity index (χ4n) is 6.07. The Morgan fingerprint density at radius 2 is 1.74 bits per heavy atom. The van der Waals surface area contributed by atoms with E-state index in [1.54, 1.807) is 0 Å². The third kappa shape index (κ3) is 4.65. The molecule has 186 valence electrons. The first kappa shape index (κ1) is 23.9. The van der Waals surface area contributed by atoms with Crippen LogP contribution in [0, 0.1) is 24.7 Å². The number of nitrogens with one attached hydrogen (secondary N) is 3. The number of hydrogen-bond acceptors (Lipinski definition) is 6. The standard InChI is InChI=1S/C25H36ClN5O3/c1-14(2)19-8-20(26)15(3)6-23(19)34-13-24(32)30-9-17-11-31(12-18(17)10-30)25(33)16-4-5-21-22(7-16)28-29-27-21/h6,8,14,16-18,21-22,27-29H,4-5,7,9-13H2,1-3H3/t16?,17-,18-,21?,22?/m1/s1. The van der Waals surface area contributed by atoms with E-state index in [0.29, 0.717) is 42.9 Å². The Labute approximate surface area is 206 Å². The number of carbonyl (C=O) groups excluding carboxylic acids is 2. The number of benzene rings is 1. The molecular formula is C25H36ClN5O3. The number of rotatable bonds is 5. The van der Waals surface area contributed by atoms with Crippen molar-refractivity contribution in [3.05, 3.63) is 28.3 Å². The van der Waals surface area contributed by atoms with E-state index in [-0.39, 0.29) is 24.3 Å². The van der Waals surface area contributed by atoms with E-state index in [9.17, 15) is 9.59 Å². The first-order valence-corrected chi connectivity index (χ1v) is 12.9. The lowest BCUT2D eigenvalue weighted by Crippen LogP contribution is -2.45. The number of halogens is 1. The lowest BCUT2D eigenvalue weighted by molar-refractivity contribution is -0.136. The molecule has 5 rings (SSSR count). The lowest BCUT2D eigenvalue weighted by atomic mass is 9.82. The third-order valence-corrected chi connectivity index (χ3v) is 8.54. The molecule has 3 unspecified atom stereocenters.